The van der Waals surface area contributed by atoms with E-state index in [2.05, 4.69) is 0 Å². The molecule has 2 aromatic carbocycles. The number of carboxylic acid groups (broad SMARTS) is 1. The fraction of sp³-hybridized carbons (Fsp3) is 0.190. The Hall–Kier alpha value is -2.67. The Morgan fingerprint density at radius 2 is 1.79 bits per heavy atom. The van der Waals surface area contributed by atoms with Crippen LogP contribution in [0, 0.1) is 0 Å². The Morgan fingerprint density at radius 1 is 1.14 bits per heavy atom. The molecule has 3 rings (SSSR count). The van der Waals surface area contributed by atoms with E-state index in [0.29, 0.717) is 39.2 Å². The Balaban J connectivity index is 2.10. The predicted molar refractivity (Wildman–Crippen MR) is 102 cm³/mol. The van der Waals surface area contributed by atoms with Crippen LogP contribution in [0.1, 0.15) is 29.2 Å². The number of hydrogen-bond acceptors (Lipinski definition) is 2. The van der Waals surface area contributed by atoms with E-state index in [9.17, 15) is 27.3 Å². The minimum absolute atomic E-state index is 0.0686. The van der Waals surface area contributed by atoms with E-state index >= 15 is 0 Å². The molecule has 0 heterocycles. The highest BCUT2D eigenvalue weighted by atomic mass is 32.2. The van der Waals surface area contributed by atoms with E-state index in [0.717, 1.165) is 12.1 Å². The lowest BCUT2D eigenvalue weighted by molar-refractivity contribution is -0.137. The molecule has 0 aliphatic heterocycles. The number of alkyl halides is 3. The summed E-state index contributed by atoms with van der Waals surface area (Å²) in [5.74, 6) is -1.22. The van der Waals surface area contributed by atoms with Crippen LogP contribution in [0.3, 0.4) is 0 Å². The zero-order valence-electron chi connectivity index (χ0n) is 15.1. The standard InChI is InChI=1S/C21H17F3O3S/c1-12-9-14-5-6-15(21(22,23)24)11-17(14)19(12)18(20(25)26)10-13-3-7-16(8-4-13)28(2)27/h3-8,10-11H,9H2,1-2H3,(H,25,26). The van der Waals surface area contributed by atoms with Gasteiger partial charge in [0.1, 0.15) is 0 Å². The van der Waals surface area contributed by atoms with Crippen molar-refractivity contribution in [3.05, 3.63) is 75.9 Å². The molecule has 0 saturated carbocycles. The molecule has 0 saturated heterocycles. The summed E-state index contributed by atoms with van der Waals surface area (Å²) in [5, 5.41) is 9.74. The maximum absolute atomic E-state index is 13.1. The lowest BCUT2D eigenvalue weighted by Gasteiger charge is -2.12. The van der Waals surface area contributed by atoms with Crippen LogP contribution in [0.4, 0.5) is 13.2 Å². The SMILES string of the molecule is CC1=C(C(=Cc2ccc(S(C)=O)cc2)C(=O)O)c2cc(C(F)(F)F)ccc2C1. The smallest absolute Gasteiger partial charge is 0.416 e. The number of benzene rings is 2. The summed E-state index contributed by atoms with van der Waals surface area (Å²) in [6, 6.07) is 9.97. The highest BCUT2D eigenvalue weighted by Gasteiger charge is 2.33. The van der Waals surface area contributed by atoms with E-state index in [4.69, 9.17) is 0 Å². The fourth-order valence-electron chi connectivity index (χ4n) is 3.28. The molecule has 0 fully saturated rings. The van der Waals surface area contributed by atoms with Crippen molar-refractivity contribution in [1.82, 2.24) is 0 Å². The number of halogens is 3. The molecular weight excluding hydrogens is 389 g/mol. The highest BCUT2D eigenvalue weighted by Crippen LogP contribution is 2.41. The minimum atomic E-state index is -4.50. The zero-order valence-corrected chi connectivity index (χ0v) is 15.9. The van der Waals surface area contributed by atoms with Crippen molar-refractivity contribution in [3.63, 3.8) is 0 Å². The first kappa shape index (κ1) is 20.1. The molecule has 0 aromatic heterocycles. The van der Waals surface area contributed by atoms with Gasteiger partial charge in [-0.05, 0) is 65.9 Å². The molecule has 7 heteroatoms. The number of aliphatic carboxylic acids is 1. The highest BCUT2D eigenvalue weighted by molar-refractivity contribution is 7.84. The van der Waals surface area contributed by atoms with Crippen molar-refractivity contribution in [2.24, 2.45) is 0 Å². The molecule has 2 aromatic rings. The molecule has 1 aliphatic carbocycles. The quantitative estimate of drug-likeness (QED) is 0.732. The number of fused-ring (bicyclic) bond motifs is 1. The fourth-order valence-corrected chi connectivity index (χ4v) is 3.80. The van der Waals surface area contributed by atoms with Crippen LogP contribution in [-0.4, -0.2) is 21.5 Å². The van der Waals surface area contributed by atoms with Gasteiger partial charge < -0.3 is 5.11 Å². The van der Waals surface area contributed by atoms with Crippen LogP contribution >= 0.6 is 0 Å². The lowest BCUT2D eigenvalue weighted by Crippen LogP contribution is -2.07. The van der Waals surface area contributed by atoms with Crippen molar-refractivity contribution in [2.75, 3.05) is 6.26 Å². The summed E-state index contributed by atoms with van der Waals surface area (Å²) in [6.07, 6.45) is -1.13. The molecule has 1 aliphatic rings. The summed E-state index contributed by atoms with van der Waals surface area (Å²) in [5.41, 5.74) is 1.67. The van der Waals surface area contributed by atoms with Gasteiger partial charge in [0.15, 0.2) is 0 Å². The average molecular weight is 406 g/mol. The van der Waals surface area contributed by atoms with E-state index < -0.39 is 28.5 Å². The third-order valence-corrected chi connectivity index (χ3v) is 5.55. The van der Waals surface area contributed by atoms with Gasteiger partial charge in [-0.25, -0.2) is 4.79 Å². The summed E-state index contributed by atoms with van der Waals surface area (Å²) in [4.78, 5) is 12.5. The van der Waals surface area contributed by atoms with E-state index in [1.807, 2.05) is 0 Å². The molecule has 0 radical (unpaired) electrons. The number of hydrogen-bond donors (Lipinski definition) is 1. The van der Waals surface area contributed by atoms with Gasteiger partial charge in [-0.1, -0.05) is 23.8 Å². The summed E-state index contributed by atoms with van der Waals surface area (Å²) >= 11 is 0. The van der Waals surface area contributed by atoms with Gasteiger partial charge in [0.05, 0.1) is 11.1 Å². The molecule has 146 valence electrons. The molecular formula is C21H17F3O3S. The topological polar surface area (TPSA) is 54.4 Å². The second-order valence-corrected chi connectivity index (χ2v) is 7.97. The number of rotatable bonds is 4. The van der Waals surface area contributed by atoms with Crippen LogP contribution in [0.25, 0.3) is 11.6 Å². The molecule has 0 bridgehead atoms. The lowest BCUT2D eigenvalue weighted by atomic mass is 9.94. The van der Waals surface area contributed by atoms with Crippen molar-refractivity contribution in [1.29, 1.82) is 0 Å². The minimum Gasteiger partial charge on any atom is -0.478 e. The molecule has 1 N–H and O–H groups in total. The van der Waals surface area contributed by atoms with Gasteiger partial charge in [-0.15, -0.1) is 0 Å². The molecule has 1 atom stereocenters. The van der Waals surface area contributed by atoms with E-state index in [1.165, 1.54) is 18.4 Å². The van der Waals surface area contributed by atoms with Gasteiger partial charge in [-0.3, -0.25) is 4.21 Å². The van der Waals surface area contributed by atoms with Gasteiger partial charge in [0.25, 0.3) is 0 Å². The molecule has 1 unspecified atom stereocenters. The monoisotopic (exact) mass is 406 g/mol. The maximum Gasteiger partial charge on any atom is 0.416 e. The third-order valence-electron chi connectivity index (χ3n) is 4.61. The Morgan fingerprint density at radius 3 is 2.32 bits per heavy atom. The maximum atomic E-state index is 13.1. The van der Waals surface area contributed by atoms with Gasteiger partial charge >= 0.3 is 12.1 Å². The van der Waals surface area contributed by atoms with Crippen molar-refractivity contribution in [2.45, 2.75) is 24.4 Å². The predicted octanol–water partition coefficient (Wildman–Crippen LogP) is 4.94. The Labute approximate surface area is 162 Å². The van der Waals surface area contributed by atoms with Crippen LogP contribution in [0.2, 0.25) is 0 Å². The van der Waals surface area contributed by atoms with Gasteiger partial charge in [0.2, 0.25) is 0 Å². The van der Waals surface area contributed by atoms with Crippen LogP contribution in [-0.2, 0) is 28.2 Å². The Bertz CT molecular complexity index is 1030. The van der Waals surface area contributed by atoms with E-state index in [-0.39, 0.29) is 5.57 Å². The Kier molecular flexibility index (Phi) is 5.30. The summed E-state index contributed by atoms with van der Waals surface area (Å²) < 4.78 is 50.8. The average Bonchev–Trinajstić information content (AvgIpc) is 2.94. The molecule has 28 heavy (non-hydrogen) atoms. The first-order valence-electron chi connectivity index (χ1n) is 8.37. The number of allylic oxidation sites excluding steroid dienone is 1. The van der Waals surface area contributed by atoms with Crippen molar-refractivity contribution >= 4 is 28.4 Å². The first-order valence-corrected chi connectivity index (χ1v) is 9.93. The number of carbonyl (C=O) groups is 1. The van der Waals surface area contributed by atoms with E-state index in [1.54, 1.807) is 31.2 Å². The van der Waals surface area contributed by atoms with Gasteiger partial charge in [-0.2, -0.15) is 13.2 Å². The molecule has 3 nitrogen and oxygen atoms in total. The first-order chi connectivity index (χ1) is 13.1. The van der Waals surface area contributed by atoms with Crippen molar-refractivity contribution in [3.8, 4) is 0 Å². The zero-order chi connectivity index (χ0) is 20.6. The normalized spacial score (nSPS) is 15.5. The van der Waals surface area contributed by atoms with Crippen LogP contribution in [0.15, 0.2) is 58.5 Å². The third kappa shape index (κ3) is 3.94. The number of carboxylic acids is 1. The summed E-state index contributed by atoms with van der Waals surface area (Å²) in [6.45, 7) is 1.72. The second kappa shape index (κ2) is 7.39. The second-order valence-electron chi connectivity index (χ2n) is 6.59. The van der Waals surface area contributed by atoms with Gasteiger partial charge in [0, 0.05) is 22.0 Å². The molecule has 0 spiro atoms. The molecule has 0 amide bonds. The largest absolute Gasteiger partial charge is 0.478 e. The van der Waals surface area contributed by atoms with Crippen LogP contribution < -0.4 is 0 Å². The van der Waals surface area contributed by atoms with Crippen molar-refractivity contribution < 1.29 is 27.3 Å². The van der Waals surface area contributed by atoms with Crippen LogP contribution in [0.5, 0.6) is 0 Å². The summed E-state index contributed by atoms with van der Waals surface area (Å²) in [7, 11) is -1.16.